The Balaban J connectivity index is 1.52. The largest absolute Gasteiger partial charge is 0.494 e. The first-order chi connectivity index (χ1) is 16.0. The Morgan fingerprint density at radius 3 is 2.70 bits per heavy atom. The van der Waals surface area contributed by atoms with E-state index in [1.165, 1.54) is 32.4 Å². The molecule has 3 aromatic rings. The molecule has 1 fully saturated rings. The molecule has 176 valence electrons. The maximum Gasteiger partial charge on any atom is 0.217 e. The van der Waals surface area contributed by atoms with Crippen LogP contribution in [0.3, 0.4) is 0 Å². The molecule has 1 saturated heterocycles. The number of hydrogen-bond donors (Lipinski definition) is 1. The second kappa shape index (κ2) is 11.1. The summed E-state index contributed by atoms with van der Waals surface area (Å²) in [6.07, 6.45) is 5.06. The van der Waals surface area contributed by atoms with Crippen molar-refractivity contribution >= 4 is 28.4 Å². The zero-order chi connectivity index (χ0) is 23.2. The molecule has 0 bridgehead atoms. The molecular formula is C27H34ClN3O2. The molecule has 0 saturated carbocycles. The van der Waals surface area contributed by atoms with Crippen molar-refractivity contribution in [1.82, 2.24) is 14.8 Å². The third kappa shape index (κ3) is 6.30. The number of fused-ring (bicyclic) bond motifs is 1. The van der Waals surface area contributed by atoms with Gasteiger partial charge in [-0.25, -0.2) is 0 Å². The van der Waals surface area contributed by atoms with Crippen LogP contribution in [-0.2, 0) is 11.3 Å². The van der Waals surface area contributed by atoms with E-state index in [-0.39, 0.29) is 11.9 Å². The van der Waals surface area contributed by atoms with Crippen molar-refractivity contribution < 1.29 is 9.53 Å². The van der Waals surface area contributed by atoms with Crippen molar-refractivity contribution in [3.8, 4) is 17.0 Å². The number of nitrogens with one attached hydrogen (secondary N) is 1. The number of carbonyl (C=O) groups excluding carboxylic acids is 1. The number of halogens is 1. The van der Waals surface area contributed by atoms with Crippen LogP contribution in [0.5, 0.6) is 5.75 Å². The van der Waals surface area contributed by atoms with Crippen LogP contribution >= 0.6 is 11.6 Å². The fourth-order valence-electron chi connectivity index (χ4n) is 4.75. The van der Waals surface area contributed by atoms with Crippen LogP contribution in [0.1, 0.15) is 39.5 Å². The first kappa shape index (κ1) is 23.7. The van der Waals surface area contributed by atoms with Crippen LogP contribution in [0, 0.1) is 0 Å². The predicted molar refractivity (Wildman–Crippen MR) is 136 cm³/mol. The molecule has 6 heteroatoms. The predicted octanol–water partition coefficient (Wildman–Crippen LogP) is 5.74. The standard InChI is InChI=1S/C27H34ClN3O2/c1-20(29-21(2)32)19-31-26-11-10-25(33-15-7-14-30-12-4-3-5-13-30)17-23(26)18-27(31)22-8-6-9-24(28)16-22/h6,8-11,16-18,20H,3-5,7,12-15,19H2,1-2H3,(H,29,32). The number of amides is 1. The normalized spacial score (nSPS) is 15.5. The molecule has 2 aromatic carbocycles. The molecule has 33 heavy (non-hydrogen) atoms. The minimum atomic E-state index is -0.0245. The van der Waals surface area contributed by atoms with Crippen LogP contribution < -0.4 is 10.1 Å². The monoisotopic (exact) mass is 467 g/mol. The van der Waals surface area contributed by atoms with E-state index in [1.54, 1.807) is 6.92 Å². The lowest BCUT2D eigenvalue weighted by atomic mass is 10.1. The fourth-order valence-corrected chi connectivity index (χ4v) is 4.94. The quantitative estimate of drug-likeness (QED) is 0.408. The van der Waals surface area contributed by atoms with Gasteiger partial charge >= 0.3 is 0 Å². The summed E-state index contributed by atoms with van der Waals surface area (Å²) >= 11 is 6.28. The molecule has 4 rings (SSSR count). The molecule has 1 amide bonds. The lowest BCUT2D eigenvalue weighted by molar-refractivity contribution is -0.119. The molecule has 0 aliphatic carbocycles. The fraction of sp³-hybridized carbons (Fsp3) is 0.444. The molecule has 5 nitrogen and oxygen atoms in total. The summed E-state index contributed by atoms with van der Waals surface area (Å²) in [4.78, 5) is 14.1. The lowest BCUT2D eigenvalue weighted by Gasteiger charge is -2.26. The van der Waals surface area contributed by atoms with Gasteiger partial charge in [-0.3, -0.25) is 4.79 Å². The van der Waals surface area contributed by atoms with Crippen molar-refractivity contribution in [2.24, 2.45) is 0 Å². The van der Waals surface area contributed by atoms with E-state index in [4.69, 9.17) is 16.3 Å². The van der Waals surface area contributed by atoms with Crippen LogP contribution in [0.15, 0.2) is 48.5 Å². The van der Waals surface area contributed by atoms with Gasteiger partial charge in [-0.2, -0.15) is 0 Å². The smallest absolute Gasteiger partial charge is 0.217 e. The maximum atomic E-state index is 11.6. The minimum absolute atomic E-state index is 0.00162. The van der Waals surface area contributed by atoms with E-state index in [0.717, 1.165) is 47.5 Å². The molecule has 0 radical (unpaired) electrons. The summed E-state index contributed by atoms with van der Waals surface area (Å²) in [6.45, 7) is 8.53. The zero-order valence-corrected chi connectivity index (χ0v) is 20.4. The van der Waals surface area contributed by atoms with E-state index in [1.807, 2.05) is 31.2 Å². The van der Waals surface area contributed by atoms with Crippen LogP contribution in [0.2, 0.25) is 5.02 Å². The van der Waals surface area contributed by atoms with Crippen LogP contribution in [0.4, 0.5) is 0 Å². The highest BCUT2D eigenvalue weighted by atomic mass is 35.5. The Hall–Kier alpha value is -2.50. The first-order valence-corrected chi connectivity index (χ1v) is 12.4. The van der Waals surface area contributed by atoms with Gasteiger partial charge in [0.1, 0.15) is 5.75 Å². The third-order valence-electron chi connectivity index (χ3n) is 6.24. The number of piperidine rings is 1. The molecule has 2 heterocycles. The summed E-state index contributed by atoms with van der Waals surface area (Å²) in [5, 5.41) is 4.82. The number of hydrogen-bond acceptors (Lipinski definition) is 3. The van der Waals surface area contributed by atoms with Gasteiger partial charge in [0, 0.05) is 47.7 Å². The molecule has 1 aromatic heterocycles. The second-order valence-corrected chi connectivity index (χ2v) is 9.51. The van der Waals surface area contributed by atoms with Crippen molar-refractivity contribution in [2.45, 2.75) is 52.1 Å². The molecule has 1 atom stereocenters. The van der Waals surface area contributed by atoms with E-state index in [2.05, 4.69) is 39.0 Å². The van der Waals surface area contributed by atoms with E-state index >= 15 is 0 Å². The van der Waals surface area contributed by atoms with Crippen molar-refractivity contribution in [3.63, 3.8) is 0 Å². The average Bonchev–Trinajstić information content (AvgIpc) is 3.14. The van der Waals surface area contributed by atoms with Gasteiger partial charge in [0.25, 0.3) is 0 Å². The highest BCUT2D eigenvalue weighted by Crippen LogP contribution is 2.32. The number of likely N-dealkylation sites (tertiary alicyclic amines) is 1. The Morgan fingerprint density at radius 1 is 1.12 bits per heavy atom. The van der Waals surface area contributed by atoms with Crippen molar-refractivity contribution in [3.05, 3.63) is 53.6 Å². The average molecular weight is 468 g/mol. The van der Waals surface area contributed by atoms with Gasteiger partial charge < -0.3 is 19.5 Å². The van der Waals surface area contributed by atoms with Gasteiger partial charge in [-0.1, -0.05) is 30.2 Å². The topological polar surface area (TPSA) is 46.5 Å². The molecular weight excluding hydrogens is 434 g/mol. The minimum Gasteiger partial charge on any atom is -0.494 e. The number of rotatable bonds is 9. The summed E-state index contributed by atoms with van der Waals surface area (Å²) in [7, 11) is 0. The highest BCUT2D eigenvalue weighted by Gasteiger charge is 2.15. The van der Waals surface area contributed by atoms with Crippen LogP contribution in [-0.4, -0.2) is 47.7 Å². The Labute approximate surface area is 201 Å². The summed E-state index contributed by atoms with van der Waals surface area (Å²) < 4.78 is 8.35. The van der Waals surface area contributed by atoms with Crippen molar-refractivity contribution in [2.75, 3.05) is 26.2 Å². The lowest BCUT2D eigenvalue weighted by Crippen LogP contribution is -2.34. The van der Waals surface area contributed by atoms with E-state index in [9.17, 15) is 4.79 Å². The number of carbonyl (C=O) groups is 1. The number of ether oxygens (including phenoxy) is 1. The summed E-state index contributed by atoms with van der Waals surface area (Å²) in [5.74, 6) is 0.870. The Kier molecular flexibility index (Phi) is 7.94. The number of aromatic nitrogens is 1. The number of nitrogens with zero attached hydrogens (tertiary/aromatic N) is 2. The maximum absolute atomic E-state index is 11.6. The third-order valence-corrected chi connectivity index (χ3v) is 6.47. The first-order valence-electron chi connectivity index (χ1n) is 12.0. The van der Waals surface area contributed by atoms with Crippen molar-refractivity contribution in [1.29, 1.82) is 0 Å². The zero-order valence-electron chi connectivity index (χ0n) is 19.6. The summed E-state index contributed by atoms with van der Waals surface area (Å²) in [6, 6.07) is 16.4. The molecule has 1 aliphatic heterocycles. The van der Waals surface area contributed by atoms with Crippen LogP contribution in [0.25, 0.3) is 22.2 Å². The molecule has 1 N–H and O–H groups in total. The Bertz CT molecular complexity index is 1090. The molecule has 1 unspecified atom stereocenters. The van der Waals surface area contributed by atoms with Gasteiger partial charge in [-0.15, -0.1) is 0 Å². The number of benzene rings is 2. The van der Waals surface area contributed by atoms with Gasteiger partial charge in [-0.05, 0) is 81.2 Å². The Morgan fingerprint density at radius 2 is 1.94 bits per heavy atom. The molecule has 1 aliphatic rings. The SMILES string of the molecule is CC(=O)NC(C)Cn1c(-c2cccc(Cl)c2)cc2cc(OCCCN3CCCCC3)ccc21. The van der Waals surface area contributed by atoms with Gasteiger partial charge in [0.2, 0.25) is 5.91 Å². The second-order valence-electron chi connectivity index (χ2n) is 9.08. The summed E-state index contributed by atoms with van der Waals surface area (Å²) in [5.41, 5.74) is 3.24. The van der Waals surface area contributed by atoms with Gasteiger partial charge in [0.15, 0.2) is 0 Å². The highest BCUT2D eigenvalue weighted by molar-refractivity contribution is 6.30. The molecule has 0 spiro atoms. The van der Waals surface area contributed by atoms with E-state index < -0.39 is 0 Å². The van der Waals surface area contributed by atoms with E-state index in [0.29, 0.717) is 11.6 Å². The van der Waals surface area contributed by atoms with Gasteiger partial charge in [0.05, 0.1) is 6.61 Å².